The van der Waals surface area contributed by atoms with Gasteiger partial charge in [0.2, 0.25) is 0 Å². The summed E-state index contributed by atoms with van der Waals surface area (Å²) in [5.41, 5.74) is 0. The zero-order chi connectivity index (χ0) is 80.4. The molecule has 0 aliphatic heterocycles. The number of esters is 4. The van der Waals surface area contributed by atoms with E-state index in [0.29, 0.717) is 97.9 Å². The highest BCUT2D eigenvalue weighted by Gasteiger charge is 2.17. The molecule has 0 unspecified atom stereocenters. The van der Waals surface area contributed by atoms with Crippen molar-refractivity contribution in [1.29, 1.82) is 0 Å². The second-order valence-corrected chi connectivity index (χ2v) is 37.9. The molecule has 0 aromatic carbocycles. The molecule has 0 amide bonds. The second kappa shape index (κ2) is 94.3. The minimum atomic E-state index is -0.161. The number of ketones is 1. The summed E-state index contributed by atoms with van der Waals surface area (Å²) in [6.07, 6.45) is 78.1. The highest BCUT2D eigenvalue weighted by molar-refractivity contribution is 8.77. The maximum Gasteiger partial charge on any atom is 0.307 e. The number of hydrogen-bond donors (Lipinski definition) is 0. The molecule has 0 aliphatic rings. The first-order valence-corrected chi connectivity index (χ1v) is 53.0. The van der Waals surface area contributed by atoms with Gasteiger partial charge in [0.15, 0.2) is 5.78 Å². The van der Waals surface area contributed by atoms with Crippen molar-refractivity contribution < 1.29 is 47.7 Å². The van der Waals surface area contributed by atoms with Gasteiger partial charge in [-0.15, -0.1) is 0 Å². The Morgan fingerprint density at radius 2 is 0.360 bits per heavy atom. The van der Waals surface area contributed by atoms with E-state index in [4.69, 9.17) is 23.7 Å². The average molecular weight is 1640 g/mol. The van der Waals surface area contributed by atoms with E-state index in [2.05, 4.69) is 49.3 Å². The van der Waals surface area contributed by atoms with Crippen LogP contribution in [0.3, 0.4) is 0 Å². The second-order valence-electron chi connectivity index (χ2n) is 32.5. The highest BCUT2D eigenvalue weighted by atomic mass is 33.1. The third-order valence-electron chi connectivity index (χ3n) is 21.8. The van der Waals surface area contributed by atoms with E-state index in [9.17, 15) is 24.0 Å². The molecular formula is C94H183N3O10S4. The first-order chi connectivity index (χ1) is 54.7. The van der Waals surface area contributed by atoms with Crippen molar-refractivity contribution in [3.05, 3.63) is 0 Å². The van der Waals surface area contributed by atoms with Crippen molar-refractivity contribution >= 4 is 72.8 Å². The number of unbranched alkanes of at least 4 members (excludes halogenated alkanes) is 55. The summed E-state index contributed by atoms with van der Waals surface area (Å²) in [7, 11) is 7.37. The van der Waals surface area contributed by atoms with Crippen LogP contribution in [0.2, 0.25) is 0 Å². The van der Waals surface area contributed by atoms with E-state index < -0.39 is 0 Å². The summed E-state index contributed by atoms with van der Waals surface area (Å²) < 4.78 is 28.9. The molecule has 0 saturated heterocycles. The van der Waals surface area contributed by atoms with Crippen LogP contribution in [0.1, 0.15) is 452 Å². The maximum atomic E-state index is 13.3. The van der Waals surface area contributed by atoms with Crippen LogP contribution in [-0.4, -0.2) is 166 Å². The van der Waals surface area contributed by atoms with E-state index >= 15 is 0 Å². The van der Waals surface area contributed by atoms with Crippen LogP contribution >= 0.6 is 43.2 Å². The minimum Gasteiger partial charge on any atom is -0.466 e. The van der Waals surface area contributed by atoms with E-state index in [1.165, 1.54) is 321 Å². The first-order valence-electron chi connectivity index (χ1n) is 48.1. The van der Waals surface area contributed by atoms with Gasteiger partial charge in [0.05, 0.1) is 52.1 Å². The van der Waals surface area contributed by atoms with Crippen LogP contribution in [0.25, 0.3) is 0 Å². The smallest absolute Gasteiger partial charge is 0.307 e. The lowest BCUT2D eigenvalue weighted by atomic mass is 10.1. The van der Waals surface area contributed by atoms with Crippen LogP contribution in [0.15, 0.2) is 0 Å². The molecule has 0 spiro atoms. The predicted molar refractivity (Wildman–Crippen MR) is 487 cm³/mol. The molecule has 0 aliphatic carbocycles. The van der Waals surface area contributed by atoms with E-state index in [1.807, 2.05) is 43.2 Å². The molecule has 658 valence electrons. The fourth-order valence-corrected chi connectivity index (χ4v) is 18.4. The number of nitrogens with zero attached hydrogens (tertiary/aromatic N) is 3. The number of carbonyl (C=O) groups is 5. The SMILES string of the molecule is CCCCCCCCCCCCCCOCC(=O)CCN(CCSSCCN(CCC(=O)OCCCCCCCCCCCCCC)CCC(=O)OCCCCCCCCCCCCCC)CCSSCCN(CCC(=O)OCCCCCCCCCCCCCC)CCC(=O)OCCCCCCCCCCCCCC. The molecule has 0 N–H and O–H groups in total. The molecule has 0 atom stereocenters. The average Bonchev–Trinajstić information content (AvgIpc) is 0.985. The summed E-state index contributed by atoms with van der Waals surface area (Å²) in [4.78, 5) is 72.5. The molecule has 13 nitrogen and oxygen atoms in total. The van der Waals surface area contributed by atoms with Gasteiger partial charge in [-0.3, -0.25) is 24.0 Å². The van der Waals surface area contributed by atoms with Crippen molar-refractivity contribution in [3.63, 3.8) is 0 Å². The van der Waals surface area contributed by atoms with Gasteiger partial charge in [0, 0.05) is 94.9 Å². The topological polar surface area (TPSA) is 141 Å². The van der Waals surface area contributed by atoms with Gasteiger partial charge in [-0.25, -0.2) is 0 Å². The van der Waals surface area contributed by atoms with Crippen molar-refractivity contribution in [2.75, 3.05) is 122 Å². The molecule has 0 radical (unpaired) electrons. The Balaban J connectivity index is 5.62. The lowest BCUT2D eigenvalue weighted by molar-refractivity contribution is -0.146. The Labute approximate surface area is 704 Å². The largest absolute Gasteiger partial charge is 0.466 e. The van der Waals surface area contributed by atoms with Gasteiger partial charge in [0.1, 0.15) is 6.61 Å². The lowest BCUT2D eigenvalue weighted by Gasteiger charge is -2.23. The molecule has 0 heterocycles. The highest BCUT2D eigenvalue weighted by Crippen LogP contribution is 2.25. The maximum absolute atomic E-state index is 13.3. The Hall–Kier alpha value is -1.21. The Kier molecular flexibility index (Phi) is 93.2. The molecule has 0 rings (SSSR count). The normalized spacial score (nSPS) is 11.7. The number of hydrogen-bond acceptors (Lipinski definition) is 17. The third-order valence-corrected chi connectivity index (χ3v) is 26.5. The molecule has 111 heavy (non-hydrogen) atoms. The molecule has 0 saturated carbocycles. The summed E-state index contributed by atoms with van der Waals surface area (Å²) >= 11 is 0. The summed E-state index contributed by atoms with van der Waals surface area (Å²) in [6.45, 7) is 20.2. The monoisotopic (exact) mass is 1640 g/mol. The van der Waals surface area contributed by atoms with E-state index in [0.717, 1.165) is 113 Å². The number of Topliss-reactive ketones (excluding diaryl/α,β-unsaturated/α-hetero) is 1. The molecule has 0 bridgehead atoms. The van der Waals surface area contributed by atoms with E-state index in [1.54, 1.807) is 0 Å². The van der Waals surface area contributed by atoms with Gasteiger partial charge in [-0.2, -0.15) is 0 Å². The molecule has 0 aromatic heterocycles. The fourth-order valence-electron chi connectivity index (χ4n) is 14.3. The van der Waals surface area contributed by atoms with Gasteiger partial charge in [0.25, 0.3) is 0 Å². The minimum absolute atomic E-state index is 0.158. The zero-order valence-corrected chi connectivity index (χ0v) is 77.2. The van der Waals surface area contributed by atoms with E-state index in [-0.39, 0.29) is 36.3 Å². The quantitative estimate of drug-likeness (QED) is 0.0246. The van der Waals surface area contributed by atoms with Crippen molar-refractivity contribution in [2.24, 2.45) is 0 Å². The van der Waals surface area contributed by atoms with Crippen LogP contribution < -0.4 is 0 Å². The first kappa shape index (κ1) is 110. The Morgan fingerprint density at radius 1 is 0.198 bits per heavy atom. The van der Waals surface area contributed by atoms with Crippen LogP contribution in [-0.2, 0) is 47.7 Å². The van der Waals surface area contributed by atoms with Gasteiger partial charge >= 0.3 is 23.9 Å². The summed E-state index contributed by atoms with van der Waals surface area (Å²) in [5.74, 6) is 3.03. The molecule has 17 heteroatoms. The molecule has 0 fully saturated rings. The fraction of sp³-hybridized carbons (Fsp3) is 0.947. The van der Waals surface area contributed by atoms with Crippen LogP contribution in [0.5, 0.6) is 0 Å². The lowest BCUT2D eigenvalue weighted by Crippen LogP contribution is -2.32. The van der Waals surface area contributed by atoms with Gasteiger partial charge < -0.3 is 38.4 Å². The van der Waals surface area contributed by atoms with Crippen molar-refractivity contribution in [1.82, 2.24) is 14.7 Å². The molecule has 0 aromatic rings. The van der Waals surface area contributed by atoms with Crippen LogP contribution in [0, 0.1) is 0 Å². The Morgan fingerprint density at radius 3 is 0.559 bits per heavy atom. The number of carbonyl (C=O) groups excluding carboxylic acids is 5. The van der Waals surface area contributed by atoms with Crippen LogP contribution in [0.4, 0.5) is 0 Å². The zero-order valence-electron chi connectivity index (χ0n) is 74.0. The third kappa shape index (κ3) is 89.4. The van der Waals surface area contributed by atoms with Crippen molar-refractivity contribution in [2.45, 2.75) is 452 Å². The standard InChI is InChI=1S/C94H183N3O10S4/c1-6-11-16-21-26-31-36-41-46-51-56-61-80-103-89-90(98)66-71-97(78-87-110-108-85-76-95(72-67-91(99)104-81-62-57-52-47-42-37-32-27-22-17-12-7-2)73-68-92(100)105-82-63-58-53-48-43-38-33-28-23-18-13-8-3)79-88-111-109-86-77-96(74-69-93(101)106-83-64-59-54-49-44-39-34-29-24-19-14-9-4)75-70-94(102)107-84-65-60-55-50-45-40-35-30-25-20-15-10-5/h6-89H2,1-5H3. The Bertz CT molecular complexity index is 1730. The van der Waals surface area contributed by atoms with Gasteiger partial charge in [-0.05, 0) is 32.1 Å². The van der Waals surface area contributed by atoms with Gasteiger partial charge in [-0.1, -0.05) is 431 Å². The number of ether oxygens (including phenoxy) is 5. The van der Waals surface area contributed by atoms with Crippen molar-refractivity contribution in [3.8, 4) is 0 Å². The molecular weight excluding hydrogens is 1460 g/mol. The summed E-state index contributed by atoms with van der Waals surface area (Å²) in [6, 6.07) is 0. The predicted octanol–water partition coefficient (Wildman–Crippen LogP) is 27.9. The number of rotatable bonds is 96. The summed E-state index contributed by atoms with van der Waals surface area (Å²) in [5, 5.41) is 0.